The SMILES string of the molecule is CC(NCC(O)c1ccsc1)c1ccccc1OC(F)F. The molecule has 0 saturated heterocycles. The maximum absolute atomic E-state index is 12.4. The van der Waals surface area contributed by atoms with E-state index in [1.165, 1.54) is 17.4 Å². The Hall–Kier alpha value is -1.50. The second kappa shape index (κ2) is 7.49. The Morgan fingerprint density at radius 1 is 1.29 bits per heavy atom. The van der Waals surface area contributed by atoms with Crippen LogP contribution in [0.4, 0.5) is 8.78 Å². The van der Waals surface area contributed by atoms with Gasteiger partial charge in [0.1, 0.15) is 5.75 Å². The molecular weight excluding hydrogens is 296 g/mol. The molecule has 0 fully saturated rings. The minimum Gasteiger partial charge on any atom is -0.434 e. The standard InChI is InChI=1S/C15H17F2NO2S/c1-10(18-8-13(19)11-6-7-21-9-11)12-4-2-3-5-14(12)20-15(16)17/h2-7,9-10,13,15,18-19H,8H2,1H3. The molecule has 0 saturated carbocycles. The van der Waals surface area contributed by atoms with Crippen molar-refractivity contribution < 1.29 is 18.6 Å². The summed E-state index contributed by atoms with van der Waals surface area (Å²) in [7, 11) is 0. The zero-order chi connectivity index (χ0) is 15.2. The van der Waals surface area contributed by atoms with E-state index in [2.05, 4.69) is 10.1 Å². The molecular formula is C15H17F2NO2S. The summed E-state index contributed by atoms with van der Waals surface area (Å²) in [5.41, 5.74) is 1.48. The average Bonchev–Trinajstić information content (AvgIpc) is 2.98. The molecule has 0 spiro atoms. The van der Waals surface area contributed by atoms with Gasteiger partial charge in [0.05, 0.1) is 6.10 Å². The summed E-state index contributed by atoms with van der Waals surface area (Å²) in [6.45, 7) is -0.677. The first-order valence-corrected chi connectivity index (χ1v) is 7.49. The molecule has 2 N–H and O–H groups in total. The molecule has 2 rings (SSSR count). The summed E-state index contributed by atoms with van der Waals surface area (Å²) in [6.07, 6.45) is -0.623. The van der Waals surface area contributed by atoms with Crippen molar-refractivity contribution in [2.75, 3.05) is 6.54 Å². The quantitative estimate of drug-likeness (QED) is 0.818. The number of rotatable bonds is 7. The normalized spacial score (nSPS) is 14.1. The number of hydrogen-bond acceptors (Lipinski definition) is 4. The fourth-order valence-electron chi connectivity index (χ4n) is 2.02. The molecule has 0 amide bonds. The third kappa shape index (κ3) is 4.49. The second-order valence-corrected chi connectivity index (χ2v) is 5.40. The number of para-hydroxylation sites is 1. The summed E-state index contributed by atoms with van der Waals surface area (Å²) < 4.78 is 29.3. The van der Waals surface area contributed by atoms with Crippen LogP contribution in [-0.4, -0.2) is 18.3 Å². The lowest BCUT2D eigenvalue weighted by atomic mass is 10.1. The molecule has 0 aliphatic rings. The number of halogens is 2. The molecule has 2 unspecified atom stereocenters. The number of alkyl halides is 2. The van der Waals surface area contributed by atoms with Crippen LogP contribution in [0.5, 0.6) is 5.75 Å². The van der Waals surface area contributed by atoms with Crippen LogP contribution in [0.25, 0.3) is 0 Å². The van der Waals surface area contributed by atoms with Crippen molar-refractivity contribution in [1.82, 2.24) is 5.32 Å². The molecule has 114 valence electrons. The topological polar surface area (TPSA) is 41.5 Å². The highest BCUT2D eigenvalue weighted by Gasteiger charge is 2.16. The number of aliphatic hydroxyl groups excluding tert-OH is 1. The van der Waals surface area contributed by atoms with Crippen LogP contribution in [0.3, 0.4) is 0 Å². The molecule has 0 bridgehead atoms. The molecule has 6 heteroatoms. The van der Waals surface area contributed by atoms with Crippen molar-refractivity contribution in [2.45, 2.75) is 25.7 Å². The van der Waals surface area contributed by atoms with E-state index < -0.39 is 12.7 Å². The lowest BCUT2D eigenvalue weighted by Gasteiger charge is -2.19. The first-order valence-electron chi connectivity index (χ1n) is 6.55. The fraction of sp³-hybridized carbons (Fsp3) is 0.333. The summed E-state index contributed by atoms with van der Waals surface area (Å²) in [4.78, 5) is 0. The van der Waals surface area contributed by atoms with Gasteiger partial charge >= 0.3 is 6.61 Å². The van der Waals surface area contributed by atoms with Gasteiger partial charge in [-0.3, -0.25) is 0 Å². The van der Waals surface area contributed by atoms with Crippen molar-refractivity contribution in [3.8, 4) is 5.75 Å². The van der Waals surface area contributed by atoms with Gasteiger partial charge in [-0.25, -0.2) is 0 Å². The van der Waals surface area contributed by atoms with Gasteiger partial charge in [0.15, 0.2) is 0 Å². The van der Waals surface area contributed by atoms with Crippen molar-refractivity contribution in [2.24, 2.45) is 0 Å². The van der Waals surface area contributed by atoms with Gasteiger partial charge in [0.2, 0.25) is 0 Å². The molecule has 2 aromatic rings. The zero-order valence-electron chi connectivity index (χ0n) is 11.5. The molecule has 1 aromatic heterocycles. The van der Waals surface area contributed by atoms with E-state index >= 15 is 0 Å². The van der Waals surface area contributed by atoms with Gasteiger partial charge in [-0.05, 0) is 35.4 Å². The maximum atomic E-state index is 12.4. The summed E-state index contributed by atoms with van der Waals surface area (Å²) in [6, 6.07) is 8.29. The van der Waals surface area contributed by atoms with Gasteiger partial charge < -0.3 is 15.2 Å². The smallest absolute Gasteiger partial charge is 0.387 e. The van der Waals surface area contributed by atoms with Gasteiger partial charge in [0, 0.05) is 18.2 Å². The first-order chi connectivity index (χ1) is 10.1. The van der Waals surface area contributed by atoms with Crippen LogP contribution in [0, 0.1) is 0 Å². The van der Waals surface area contributed by atoms with Crippen molar-refractivity contribution >= 4 is 11.3 Å². The largest absolute Gasteiger partial charge is 0.434 e. The summed E-state index contributed by atoms with van der Waals surface area (Å²) in [5.74, 6) is 0.150. The van der Waals surface area contributed by atoms with Crippen LogP contribution < -0.4 is 10.1 Å². The van der Waals surface area contributed by atoms with E-state index in [-0.39, 0.29) is 11.8 Å². The van der Waals surface area contributed by atoms with E-state index in [1.54, 1.807) is 18.2 Å². The first kappa shape index (κ1) is 15.9. The van der Waals surface area contributed by atoms with E-state index in [0.717, 1.165) is 5.56 Å². The Morgan fingerprint density at radius 3 is 2.71 bits per heavy atom. The minimum atomic E-state index is -2.85. The molecule has 21 heavy (non-hydrogen) atoms. The summed E-state index contributed by atoms with van der Waals surface area (Å²) in [5, 5.41) is 16.9. The third-order valence-electron chi connectivity index (χ3n) is 3.15. The van der Waals surface area contributed by atoms with Crippen LogP contribution in [-0.2, 0) is 0 Å². The van der Waals surface area contributed by atoms with E-state index in [9.17, 15) is 13.9 Å². The zero-order valence-corrected chi connectivity index (χ0v) is 12.3. The Labute approximate surface area is 126 Å². The lowest BCUT2D eigenvalue weighted by Crippen LogP contribution is -2.25. The van der Waals surface area contributed by atoms with Crippen LogP contribution in [0.15, 0.2) is 41.1 Å². The number of aliphatic hydroxyl groups is 1. The van der Waals surface area contributed by atoms with Crippen LogP contribution in [0.1, 0.15) is 30.2 Å². The number of hydrogen-bond donors (Lipinski definition) is 2. The lowest BCUT2D eigenvalue weighted by molar-refractivity contribution is -0.0507. The monoisotopic (exact) mass is 313 g/mol. The number of ether oxygens (including phenoxy) is 1. The van der Waals surface area contributed by atoms with Gasteiger partial charge in [-0.2, -0.15) is 20.1 Å². The Bertz CT molecular complexity index is 548. The predicted molar refractivity (Wildman–Crippen MR) is 78.8 cm³/mol. The molecule has 1 heterocycles. The highest BCUT2D eigenvalue weighted by molar-refractivity contribution is 7.07. The Morgan fingerprint density at radius 2 is 2.05 bits per heavy atom. The molecule has 0 radical (unpaired) electrons. The van der Waals surface area contributed by atoms with Crippen molar-refractivity contribution in [3.05, 3.63) is 52.2 Å². The number of benzene rings is 1. The molecule has 0 aliphatic carbocycles. The fourth-order valence-corrected chi connectivity index (χ4v) is 2.73. The predicted octanol–water partition coefficient (Wildman–Crippen LogP) is 3.73. The van der Waals surface area contributed by atoms with E-state index in [1.807, 2.05) is 23.8 Å². The van der Waals surface area contributed by atoms with Crippen LogP contribution in [0.2, 0.25) is 0 Å². The van der Waals surface area contributed by atoms with E-state index in [4.69, 9.17) is 0 Å². The van der Waals surface area contributed by atoms with Crippen LogP contribution >= 0.6 is 11.3 Å². The van der Waals surface area contributed by atoms with Crippen molar-refractivity contribution in [1.29, 1.82) is 0 Å². The summed E-state index contributed by atoms with van der Waals surface area (Å²) >= 11 is 1.52. The number of thiophene rings is 1. The van der Waals surface area contributed by atoms with Gasteiger partial charge in [-0.15, -0.1) is 0 Å². The Balaban J connectivity index is 1.98. The minimum absolute atomic E-state index is 0.150. The highest BCUT2D eigenvalue weighted by atomic mass is 32.1. The Kier molecular flexibility index (Phi) is 5.67. The van der Waals surface area contributed by atoms with E-state index in [0.29, 0.717) is 12.1 Å². The average molecular weight is 313 g/mol. The third-order valence-corrected chi connectivity index (χ3v) is 3.85. The van der Waals surface area contributed by atoms with Crippen molar-refractivity contribution in [3.63, 3.8) is 0 Å². The molecule has 2 atom stereocenters. The maximum Gasteiger partial charge on any atom is 0.387 e. The van der Waals surface area contributed by atoms with Gasteiger partial charge in [-0.1, -0.05) is 18.2 Å². The highest BCUT2D eigenvalue weighted by Crippen LogP contribution is 2.26. The van der Waals surface area contributed by atoms with Gasteiger partial charge in [0.25, 0.3) is 0 Å². The number of nitrogens with one attached hydrogen (secondary N) is 1. The molecule has 0 aliphatic heterocycles. The second-order valence-electron chi connectivity index (χ2n) is 4.62. The molecule has 1 aromatic carbocycles. The molecule has 3 nitrogen and oxygen atoms in total.